The number of hydrogen-bond donors (Lipinski definition) is 0. The van der Waals surface area contributed by atoms with E-state index >= 15 is 0 Å². The fourth-order valence-electron chi connectivity index (χ4n) is 2.61. The minimum atomic E-state index is -0.548. The summed E-state index contributed by atoms with van der Waals surface area (Å²) in [6.07, 6.45) is 1.64. The number of ether oxygens (including phenoxy) is 2. The highest BCUT2D eigenvalue weighted by molar-refractivity contribution is 5.88. The standard InChI is InChI=1S/C20H23NO4/c1-16(11-12-20(22)24-3)21(14-18-10-7-13-25-18)19(15-23-2)17-8-5-4-6-9-17/h4-10,13,16,19H,14-15H2,1-3H3/t16-,19+/m1/s1. The maximum Gasteiger partial charge on any atom is 0.384 e. The van der Waals surface area contributed by atoms with Crippen molar-refractivity contribution in [2.45, 2.75) is 25.6 Å². The Labute approximate surface area is 148 Å². The van der Waals surface area contributed by atoms with Crippen molar-refractivity contribution in [3.05, 3.63) is 60.1 Å². The van der Waals surface area contributed by atoms with Crippen LogP contribution < -0.4 is 0 Å². The zero-order valence-corrected chi connectivity index (χ0v) is 14.8. The van der Waals surface area contributed by atoms with Crippen LogP contribution in [0.5, 0.6) is 0 Å². The molecule has 0 saturated carbocycles. The monoisotopic (exact) mass is 341 g/mol. The van der Waals surface area contributed by atoms with Gasteiger partial charge in [-0.25, -0.2) is 4.79 Å². The lowest BCUT2D eigenvalue weighted by molar-refractivity contribution is -0.133. The molecule has 0 aliphatic carbocycles. The van der Waals surface area contributed by atoms with Crippen molar-refractivity contribution in [2.24, 2.45) is 0 Å². The van der Waals surface area contributed by atoms with E-state index < -0.39 is 5.97 Å². The zero-order chi connectivity index (χ0) is 18.1. The molecule has 0 saturated heterocycles. The summed E-state index contributed by atoms with van der Waals surface area (Å²) < 4.78 is 15.6. The summed E-state index contributed by atoms with van der Waals surface area (Å²) in [5, 5.41) is 0. The number of hydrogen-bond acceptors (Lipinski definition) is 5. The van der Waals surface area contributed by atoms with E-state index in [1.54, 1.807) is 13.4 Å². The second-order valence-electron chi connectivity index (χ2n) is 5.57. The molecule has 2 rings (SSSR count). The third kappa shape index (κ3) is 5.49. The number of rotatable bonds is 7. The van der Waals surface area contributed by atoms with Crippen molar-refractivity contribution in [1.82, 2.24) is 4.90 Å². The maximum absolute atomic E-state index is 11.4. The summed E-state index contributed by atoms with van der Waals surface area (Å²) in [4.78, 5) is 13.5. The molecule has 2 atom stereocenters. The predicted molar refractivity (Wildman–Crippen MR) is 94.6 cm³/mol. The lowest BCUT2D eigenvalue weighted by Crippen LogP contribution is -2.37. The molecule has 0 N–H and O–H groups in total. The van der Waals surface area contributed by atoms with Gasteiger partial charge >= 0.3 is 5.97 Å². The van der Waals surface area contributed by atoms with Crippen molar-refractivity contribution in [3.8, 4) is 11.8 Å². The average molecular weight is 341 g/mol. The van der Waals surface area contributed by atoms with E-state index in [4.69, 9.17) is 9.15 Å². The van der Waals surface area contributed by atoms with Crippen molar-refractivity contribution in [3.63, 3.8) is 0 Å². The van der Waals surface area contributed by atoms with Gasteiger partial charge in [-0.2, -0.15) is 0 Å². The van der Waals surface area contributed by atoms with Gasteiger partial charge in [0, 0.05) is 13.0 Å². The molecule has 0 unspecified atom stereocenters. The fourth-order valence-corrected chi connectivity index (χ4v) is 2.61. The fraction of sp³-hybridized carbons (Fsp3) is 0.350. The van der Waals surface area contributed by atoms with E-state index in [0.29, 0.717) is 13.2 Å². The van der Waals surface area contributed by atoms with Crippen LogP contribution in [-0.2, 0) is 20.8 Å². The largest absolute Gasteiger partial charge is 0.468 e. The second kappa shape index (κ2) is 9.67. The van der Waals surface area contributed by atoms with Crippen LogP contribution in [0.1, 0.15) is 24.3 Å². The first kappa shape index (κ1) is 18.8. The normalized spacial score (nSPS) is 13.0. The van der Waals surface area contributed by atoms with Gasteiger partial charge in [-0.1, -0.05) is 36.3 Å². The molecular formula is C20H23NO4. The Morgan fingerprint density at radius 1 is 1.20 bits per heavy atom. The van der Waals surface area contributed by atoms with Gasteiger partial charge < -0.3 is 13.9 Å². The molecule has 0 amide bonds. The molecule has 0 spiro atoms. The number of nitrogens with zero attached hydrogens (tertiary/aromatic N) is 1. The Morgan fingerprint density at radius 3 is 2.56 bits per heavy atom. The summed E-state index contributed by atoms with van der Waals surface area (Å²) in [5.74, 6) is 5.75. The lowest BCUT2D eigenvalue weighted by Gasteiger charge is -2.33. The summed E-state index contributed by atoms with van der Waals surface area (Å²) in [5.41, 5.74) is 1.11. The summed E-state index contributed by atoms with van der Waals surface area (Å²) in [7, 11) is 2.99. The molecule has 0 bridgehead atoms. The number of carbonyl (C=O) groups excluding carboxylic acids is 1. The van der Waals surface area contributed by atoms with Crippen LogP contribution in [-0.4, -0.2) is 37.7 Å². The Hall–Kier alpha value is -2.55. The molecule has 0 aliphatic rings. The average Bonchev–Trinajstić information content (AvgIpc) is 3.16. The topological polar surface area (TPSA) is 51.9 Å². The molecule has 1 aromatic carbocycles. The highest BCUT2D eigenvalue weighted by Crippen LogP contribution is 2.25. The van der Waals surface area contributed by atoms with Crippen molar-refractivity contribution in [2.75, 3.05) is 20.8 Å². The van der Waals surface area contributed by atoms with E-state index in [-0.39, 0.29) is 12.1 Å². The number of furan rings is 1. The lowest BCUT2D eigenvalue weighted by atomic mass is 10.0. The van der Waals surface area contributed by atoms with Gasteiger partial charge in [0.1, 0.15) is 5.76 Å². The van der Waals surface area contributed by atoms with E-state index in [1.807, 2.05) is 37.3 Å². The smallest absolute Gasteiger partial charge is 0.384 e. The van der Waals surface area contributed by atoms with Gasteiger partial charge in [0.25, 0.3) is 0 Å². The highest BCUT2D eigenvalue weighted by Gasteiger charge is 2.25. The first-order chi connectivity index (χ1) is 12.2. The molecular weight excluding hydrogens is 318 g/mol. The maximum atomic E-state index is 11.4. The molecule has 1 heterocycles. The first-order valence-electron chi connectivity index (χ1n) is 8.07. The third-order valence-electron chi connectivity index (χ3n) is 3.89. The van der Waals surface area contributed by atoms with E-state index in [0.717, 1.165) is 11.3 Å². The van der Waals surface area contributed by atoms with Crippen molar-refractivity contribution < 1.29 is 18.7 Å². The third-order valence-corrected chi connectivity index (χ3v) is 3.89. The van der Waals surface area contributed by atoms with Crippen LogP contribution in [0.25, 0.3) is 0 Å². The Balaban J connectivity index is 2.32. The van der Waals surface area contributed by atoms with Crippen molar-refractivity contribution >= 4 is 5.97 Å². The van der Waals surface area contributed by atoms with Gasteiger partial charge in [0.15, 0.2) is 0 Å². The highest BCUT2D eigenvalue weighted by atomic mass is 16.5. The number of carbonyl (C=O) groups is 1. The summed E-state index contributed by atoms with van der Waals surface area (Å²) in [6, 6.07) is 13.6. The van der Waals surface area contributed by atoms with Crippen LogP contribution in [0.2, 0.25) is 0 Å². The predicted octanol–water partition coefficient (Wildman–Crippen LogP) is 3.03. The SMILES string of the molecule is COC[C@@H](c1ccccc1)N(Cc1ccco1)[C@H](C)C#CC(=O)OC. The van der Waals surface area contributed by atoms with Gasteiger partial charge in [-0.05, 0) is 24.6 Å². The number of benzene rings is 1. The molecule has 0 radical (unpaired) electrons. The van der Waals surface area contributed by atoms with Crippen LogP contribution in [0.4, 0.5) is 0 Å². The molecule has 0 fully saturated rings. The van der Waals surface area contributed by atoms with E-state index in [2.05, 4.69) is 33.6 Å². The minimum Gasteiger partial charge on any atom is -0.468 e. The van der Waals surface area contributed by atoms with Gasteiger partial charge in [-0.15, -0.1) is 0 Å². The zero-order valence-electron chi connectivity index (χ0n) is 14.8. The Kier molecular flexibility index (Phi) is 7.27. The quantitative estimate of drug-likeness (QED) is 0.440. The first-order valence-corrected chi connectivity index (χ1v) is 8.07. The van der Waals surface area contributed by atoms with Gasteiger partial charge in [0.05, 0.1) is 38.6 Å². The van der Waals surface area contributed by atoms with E-state index in [9.17, 15) is 4.79 Å². The minimum absolute atomic E-state index is 0.0294. The van der Waals surface area contributed by atoms with Crippen LogP contribution in [0.15, 0.2) is 53.1 Å². The Morgan fingerprint density at radius 2 is 1.96 bits per heavy atom. The number of methoxy groups -OCH3 is 2. The van der Waals surface area contributed by atoms with Crippen LogP contribution >= 0.6 is 0 Å². The molecule has 1 aromatic heterocycles. The van der Waals surface area contributed by atoms with Gasteiger partial charge in [-0.3, -0.25) is 4.90 Å². The molecule has 5 nitrogen and oxygen atoms in total. The van der Waals surface area contributed by atoms with Crippen molar-refractivity contribution in [1.29, 1.82) is 0 Å². The summed E-state index contributed by atoms with van der Waals surface area (Å²) in [6.45, 7) is 2.99. The molecule has 25 heavy (non-hydrogen) atoms. The molecule has 0 aliphatic heterocycles. The second-order valence-corrected chi connectivity index (χ2v) is 5.57. The van der Waals surface area contributed by atoms with Crippen LogP contribution in [0.3, 0.4) is 0 Å². The molecule has 132 valence electrons. The summed E-state index contributed by atoms with van der Waals surface area (Å²) >= 11 is 0. The van der Waals surface area contributed by atoms with E-state index in [1.165, 1.54) is 7.11 Å². The Bertz CT molecular complexity index is 700. The number of esters is 1. The molecule has 5 heteroatoms. The van der Waals surface area contributed by atoms with Gasteiger partial charge in [0.2, 0.25) is 0 Å². The van der Waals surface area contributed by atoms with Crippen LogP contribution in [0, 0.1) is 11.8 Å². The molecule has 2 aromatic rings.